The Morgan fingerprint density at radius 2 is 1.89 bits per heavy atom. The van der Waals surface area contributed by atoms with Crippen LogP contribution in [0.2, 0.25) is 0 Å². The van der Waals surface area contributed by atoms with E-state index >= 15 is 0 Å². The maximum absolute atomic E-state index is 12.5. The van der Waals surface area contributed by atoms with E-state index in [1.54, 1.807) is 24.3 Å². The van der Waals surface area contributed by atoms with E-state index in [2.05, 4.69) is 10.6 Å². The fourth-order valence-corrected chi connectivity index (χ4v) is 2.11. The Labute approximate surface area is 109 Å². The fraction of sp³-hybridized carbons (Fsp3) is 0.462. The number of halogens is 3. The monoisotopic (exact) mass is 272 g/mol. The Morgan fingerprint density at radius 1 is 1.21 bits per heavy atom. The van der Waals surface area contributed by atoms with E-state index in [1.165, 1.54) is 0 Å². The molecule has 6 heteroatoms. The molecule has 2 atom stereocenters. The topological polar surface area (TPSA) is 41.1 Å². The lowest BCUT2D eigenvalue weighted by Gasteiger charge is -2.30. The number of nitrogens with one attached hydrogen (secondary N) is 2. The minimum Gasteiger partial charge on any atom is -0.325 e. The van der Waals surface area contributed by atoms with Crippen LogP contribution >= 0.6 is 0 Å². The maximum Gasteiger partial charge on any atom is 0.393 e. The summed E-state index contributed by atoms with van der Waals surface area (Å²) < 4.78 is 37.4. The summed E-state index contributed by atoms with van der Waals surface area (Å²) in [6, 6.07) is 8.30. The van der Waals surface area contributed by atoms with Crippen molar-refractivity contribution in [3.05, 3.63) is 30.3 Å². The van der Waals surface area contributed by atoms with Crippen molar-refractivity contribution in [3.8, 4) is 0 Å². The summed E-state index contributed by atoms with van der Waals surface area (Å²) in [6.07, 6.45) is -4.00. The van der Waals surface area contributed by atoms with E-state index in [0.29, 0.717) is 5.69 Å². The van der Waals surface area contributed by atoms with Gasteiger partial charge in [-0.25, -0.2) is 0 Å². The summed E-state index contributed by atoms with van der Waals surface area (Å²) in [4.78, 5) is 11.9. The minimum atomic E-state index is -4.19. The predicted molar refractivity (Wildman–Crippen MR) is 65.6 cm³/mol. The number of para-hydroxylation sites is 1. The lowest BCUT2D eigenvalue weighted by atomic mass is 9.94. The third-order valence-corrected chi connectivity index (χ3v) is 3.24. The molecular formula is C13H15F3N2O. The van der Waals surface area contributed by atoms with E-state index in [1.807, 2.05) is 6.07 Å². The molecule has 19 heavy (non-hydrogen) atoms. The zero-order valence-electron chi connectivity index (χ0n) is 10.2. The van der Waals surface area contributed by atoms with Crippen molar-refractivity contribution in [2.45, 2.75) is 25.1 Å². The molecule has 1 aromatic carbocycles. The smallest absolute Gasteiger partial charge is 0.325 e. The molecule has 0 aromatic heterocycles. The number of alkyl halides is 3. The van der Waals surface area contributed by atoms with Gasteiger partial charge in [-0.1, -0.05) is 18.2 Å². The maximum atomic E-state index is 12.5. The highest BCUT2D eigenvalue weighted by molar-refractivity contribution is 5.94. The average molecular weight is 272 g/mol. The number of amides is 1. The molecule has 1 fully saturated rings. The molecule has 0 aliphatic carbocycles. The zero-order valence-corrected chi connectivity index (χ0v) is 10.2. The van der Waals surface area contributed by atoms with Gasteiger partial charge in [-0.15, -0.1) is 0 Å². The summed E-state index contributed by atoms with van der Waals surface area (Å²) in [5.41, 5.74) is 0.646. The molecule has 2 unspecified atom stereocenters. The lowest BCUT2D eigenvalue weighted by Crippen LogP contribution is -2.49. The Bertz CT molecular complexity index is 425. The molecule has 2 N–H and O–H groups in total. The fourth-order valence-electron chi connectivity index (χ4n) is 2.11. The van der Waals surface area contributed by atoms with E-state index < -0.39 is 18.1 Å². The van der Waals surface area contributed by atoms with Crippen LogP contribution in [0.5, 0.6) is 0 Å². The normalized spacial score (nSPS) is 23.9. The Balaban J connectivity index is 1.86. The van der Waals surface area contributed by atoms with Crippen molar-refractivity contribution in [3.63, 3.8) is 0 Å². The largest absolute Gasteiger partial charge is 0.393 e. The predicted octanol–water partition coefficient (Wildman–Crippen LogP) is 2.56. The van der Waals surface area contributed by atoms with Crippen molar-refractivity contribution in [1.82, 2.24) is 5.32 Å². The molecule has 1 saturated heterocycles. The molecule has 1 amide bonds. The van der Waals surface area contributed by atoms with Crippen molar-refractivity contribution in [2.75, 3.05) is 11.9 Å². The van der Waals surface area contributed by atoms with Crippen LogP contribution < -0.4 is 10.6 Å². The molecule has 1 aromatic rings. The molecular weight excluding hydrogens is 257 g/mol. The zero-order chi connectivity index (χ0) is 13.9. The van der Waals surface area contributed by atoms with Gasteiger partial charge in [0.25, 0.3) is 0 Å². The highest BCUT2D eigenvalue weighted by atomic mass is 19.4. The first-order chi connectivity index (χ1) is 8.97. The molecule has 1 aliphatic heterocycles. The minimum absolute atomic E-state index is 0.0105. The number of rotatable bonds is 2. The third-order valence-electron chi connectivity index (χ3n) is 3.24. The van der Waals surface area contributed by atoms with Crippen molar-refractivity contribution >= 4 is 11.6 Å². The lowest BCUT2D eigenvalue weighted by molar-refractivity contribution is -0.180. The quantitative estimate of drug-likeness (QED) is 0.868. The van der Waals surface area contributed by atoms with Crippen LogP contribution in [0.1, 0.15) is 12.8 Å². The summed E-state index contributed by atoms with van der Waals surface area (Å²) >= 11 is 0. The first kappa shape index (κ1) is 13.9. The van der Waals surface area contributed by atoms with Crippen molar-refractivity contribution in [2.24, 2.45) is 5.92 Å². The van der Waals surface area contributed by atoms with E-state index in [4.69, 9.17) is 0 Å². The molecule has 1 aliphatic rings. The highest BCUT2D eigenvalue weighted by Crippen LogP contribution is 2.32. The molecule has 0 bridgehead atoms. The first-order valence-electron chi connectivity index (χ1n) is 6.13. The number of hydrogen-bond donors (Lipinski definition) is 2. The summed E-state index contributed by atoms with van der Waals surface area (Å²) in [6.45, 7) is -0.198. The van der Waals surface area contributed by atoms with Crippen LogP contribution in [-0.4, -0.2) is 24.7 Å². The second kappa shape index (κ2) is 5.61. The molecule has 1 heterocycles. The SMILES string of the molecule is O=C(Nc1ccccc1)C1CCC(C(F)(F)F)CN1. The third kappa shape index (κ3) is 3.70. The Morgan fingerprint density at radius 3 is 2.42 bits per heavy atom. The second-order valence-corrected chi connectivity index (χ2v) is 4.63. The van der Waals surface area contributed by atoms with Crippen LogP contribution in [0.15, 0.2) is 30.3 Å². The average Bonchev–Trinajstić information content (AvgIpc) is 2.39. The summed E-state index contributed by atoms with van der Waals surface area (Å²) in [5, 5.41) is 5.35. The summed E-state index contributed by atoms with van der Waals surface area (Å²) in [5.74, 6) is -1.64. The van der Waals surface area contributed by atoms with Crippen LogP contribution in [0.3, 0.4) is 0 Å². The number of hydrogen-bond acceptors (Lipinski definition) is 2. The number of anilines is 1. The van der Waals surface area contributed by atoms with E-state index in [-0.39, 0.29) is 25.3 Å². The number of benzene rings is 1. The molecule has 0 spiro atoms. The van der Waals surface area contributed by atoms with Crippen molar-refractivity contribution < 1.29 is 18.0 Å². The van der Waals surface area contributed by atoms with E-state index in [0.717, 1.165) is 0 Å². The van der Waals surface area contributed by atoms with Crippen LogP contribution in [-0.2, 0) is 4.79 Å². The van der Waals surface area contributed by atoms with Gasteiger partial charge in [-0.3, -0.25) is 4.79 Å². The van der Waals surface area contributed by atoms with Gasteiger partial charge in [-0.2, -0.15) is 13.2 Å². The van der Waals surface area contributed by atoms with Gasteiger partial charge in [0.1, 0.15) is 0 Å². The highest BCUT2D eigenvalue weighted by Gasteiger charge is 2.42. The van der Waals surface area contributed by atoms with Crippen LogP contribution in [0, 0.1) is 5.92 Å². The Kier molecular flexibility index (Phi) is 4.09. The van der Waals surface area contributed by atoms with Gasteiger partial charge >= 0.3 is 6.18 Å². The number of carbonyl (C=O) groups is 1. The van der Waals surface area contributed by atoms with Crippen LogP contribution in [0.4, 0.5) is 18.9 Å². The number of piperidine rings is 1. The van der Waals surface area contributed by atoms with Gasteiger partial charge in [0.05, 0.1) is 12.0 Å². The van der Waals surface area contributed by atoms with E-state index in [9.17, 15) is 18.0 Å². The molecule has 2 rings (SSSR count). The summed E-state index contributed by atoms with van der Waals surface area (Å²) in [7, 11) is 0. The van der Waals surface area contributed by atoms with Gasteiger partial charge in [0, 0.05) is 12.2 Å². The second-order valence-electron chi connectivity index (χ2n) is 4.63. The molecule has 0 saturated carbocycles. The molecule has 104 valence electrons. The van der Waals surface area contributed by atoms with Gasteiger partial charge in [0.15, 0.2) is 0 Å². The standard InChI is InChI=1S/C13H15F3N2O/c14-13(15,16)9-6-7-11(17-8-9)12(19)18-10-4-2-1-3-5-10/h1-5,9,11,17H,6-8H2,(H,18,19). The first-order valence-corrected chi connectivity index (χ1v) is 6.13. The molecule has 0 radical (unpaired) electrons. The van der Waals surface area contributed by atoms with Gasteiger partial charge in [0.2, 0.25) is 5.91 Å². The molecule has 3 nitrogen and oxygen atoms in total. The van der Waals surface area contributed by atoms with Crippen molar-refractivity contribution in [1.29, 1.82) is 0 Å². The number of carbonyl (C=O) groups excluding carboxylic acids is 1. The van der Waals surface area contributed by atoms with Crippen LogP contribution in [0.25, 0.3) is 0 Å². The van der Waals surface area contributed by atoms with Gasteiger partial charge in [-0.05, 0) is 25.0 Å². The Hall–Kier alpha value is -1.56. The van der Waals surface area contributed by atoms with Gasteiger partial charge < -0.3 is 10.6 Å².